The van der Waals surface area contributed by atoms with Gasteiger partial charge in [-0.2, -0.15) is 0 Å². The minimum atomic E-state index is -1.41. The molecule has 0 aromatic heterocycles. The van der Waals surface area contributed by atoms with E-state index in [2.05, 4.69) is 60.8 Å². The second kappa shape index (κ2) is 19.5. The molecule has 288 valence electrons. The number of carbonyl (C=O) groups excluding carboxylic acids is 1. The van der Waals surface area contributed by atoms with Crippen LogP contribution in [0.3, 0.4) is 0 Å². The molecule has 5 fully saturated rings. The predicted octanol–water partition coefficient (Wildman–Crippen LogP) is 6.09. The topological polar surface area (TPSA) is 109 Å². The van der Waals surface area contributed by atoms with E-state index in [-0.39, 0.29) is 21.7 Å². The molecule has 5 rings (SSSR count). The van der Waals surface area contributed by atoms with Crippen molar-refractivity contribution in [2.45, 2.75) is 92.5 Å². The highest BCUT2D eigenvalue weighted by Crippen LogP contribution is 2.34. The number of rotatable bonds is 19. The van der Waals surface area contributed by atoms with Crippen LogP contribution in [0.25, 0.3) is 0 Å². The second-order valence-corrected chi connectivity index (χ2v) is 24.1. The van der Waals surface area contributed by atoms with Gasteiger partial charge in [-0.05, 0) is 57.9 Å². The van der Waals surface area contributed by atoms with E-state index in [1.807, 2.05) is 0 Å². The maximum atomic E-state index is 11.5. The van der Waals surface area contributed by atoms with E-state index in [9.17, 15) is 4.79 Å². The summed E-state index contributed by atoms with van der Waals surface area (Å²) in [6.07, 6.45) is 3.63. The number of ether oxygens (including phenoxy) is 9. The van der Waals surface area contributed by atoms with E-state index in [1.165, 1.54) is 6.04 Å². The first-order chi connectivity index (χ1) is 23.1. The average Bonchev–Trinajstić information content (AvgIpc) is 2.96. The molecule has 0 atom stereocenters. The first-order valence-corrected chi connectivity index (χ1v) is 24.6. The van der Waals surface area contributed by atoms with Gasteiger partial charge >= 0.3 is 6.16 Å². The zero-order valence-electron chi connectivity index (χ0n) is 32.4. The van der Waals surface area contributed by atoms with Crippen LogP contribution in [0.5, 0.6) is 0 Å². The molecule has 0 radical (unpaired) electrons. The predicted molar refractivity (Wildman–Crippen MR) is 194 cm³/mol. The van der Waals surface area contributed by atoms with Crippen molar-refractivity contribution in [1.29, 1.82) is 0 Å². The lowest BCUT2D eigenvalue weighted by Crippen LogP contribution is -2.47. The lowest BCUT2D eigenvalue weighted by atomic mass is 9.84. The highest BCUT2D eigenvalue weighted by Gasteiger charge is 2.41. The summed E-state index contributed by atoms with van der Waals surface area (Å²) in [7, 11) is -2.29. The maximum absolute atomic E-state index is 11.5. The lowest BCUT2D eigenvalue weighted by Gasteiger charge is -2.41. The first-order valence-electron chi connectivity index (χ1n) is 18.7. The van der Waals surface area contributed by atoms with Crippen LogP contribution in [0, 0.1) is 27.1 Å². The van der Waals surface area contributed by atoms with Gasteiger partial charge in [0.2, 0.25) is 0 Å². The molecular formula is C36H70O11Si2. The van der Waals surface area contributed by atoms with Crippen molar-refractivity contribution in [3.05, 3.63) is 0 Å². The van der Waals surface area contributed by atoms with Crippen LogP contribution < -0.4 is 0 Å². The SMILES string of the molecule is CC1(COCC2(C)COC2)COC1.CCC1(COC(=O)OCC2(CC)COC2)COC1.CCC1(COCCC[Si](C)(C)O[SiH](C)C)COC1. The zero-order valence-corrected chi connectivity index (χ0v) is 34.6. The van der Waals surface area contributed by atoms with Crippen LogP contribution in [0.2, 0.25) is 32.2 Å². The van der Waals surface area contributed by atoms with Crippen LogP contribution in [-0.4, -0.2) is 129 Å². The highest BCUT2D eigenvalue weighted by molar-refractivity contribution is 6.77. The van der Waals surface area contributed by atoms with Gasteiger partial charge in [0.25, 0.3) is 0 Å². The maximum Gasteiger partial charge on any atom is 0.508 e. The van der Waals surface area contributed by atoms with E-state index in [1.54, 1.807) is 0 Å². The molecule has 0 unspecified atom stereocenters. The Morgan fingerprint density at radius 2 is 1.00 bits per heavy atom. The Hall–Kier alpha value is -0.616. The van der Waals surface area contributed by atoms with E-state index in [4.69, 9.17) is 46.7 Å². The second-order valence-electron chi connectivity index (χ2n) is 17.0. The normalized spacial score (nSPS) is 23.4. The fourth-order valence-electron chi connectivity index (χ4n) is 6.00. The Morgan fingerprint density at radius 1 is 0.612 bits per heavy atom. The van der Waals surface area contributed by atoms with Crippen molar-refractivity contribution in [1.82, 2.24) is 0 Å². The van der Waals surface area contributed by atoms with Gasteiger partial charge in [-0.1, -0.05) is 34.6 Å². The van der Waals surface area contributed by atoms with Crippen molar-refractivity contribution in [3.63, 3.8) is 0 Å². The van der Waals surface area contributed by atoms with Gasteiger partial charge in [-0.15, -0.1) is 0 Å². The summed E-state index contributed by atoms with van der Waals surface area (Å²) < 4.78 is 53.9. The Morgan fingerprint density at radius 3 is 1.31 bits per heavy atom. The number of hydrogen-bond acceptors (Lipinski definition) is 11. The summed E-state index contributed by atoms with van der Waals surface area (Å²) in [6.45, 7) is 32.0. The molecule has 0 bridgehead atoms. The van der Waals surface area contributed by atoms with Gasteiger partial charge in [0.05, 0.1) is 96.7 Å². The van der Waals surface area contributed by atoms with Gasteiger partial charge in [0.1, 0.15) is 13.2 Å². The molecule has 5 aliphatic heterocycles. The summed E-state index contributed by atoms with van der Waals surface area (Å²) in [5.74, 6) is 0. The monoisotopic (exact) mass is 734 g/mol. The van der Waals surface area contributed by atoms with E-state index in [0.29, 0.717) is 45.1 Å². The molecule has 13 heteroatoms. The Kier molecular flexibility index (Phi) is 17.0. The van der Waals surface area contributed by atoms with Crippen molar-refractivity contribution in [2.75, 3.05) is 106 Å². The van der Waals surface area contributed by atoms with Gasteiger partial charge < -0.3 is 46.7 Å². The van der Waals surface area contributed by atoms with E-state index >= 15 is 0 Å². The standard InChI is InChI=1S/C13H22O5.C13H30O3Si2.C10H18O3/c1-3-12(5-15-6-12)9-17-11(14)18-10-13(4-2)7-16-8-13;1-6-13(11-15-12-13)10-14-8-7-9-18(4,5)16-17(2)3;1-9(3-11-4-9)7-13-8-10(2)5-12-6-10/h3-10H2,1-2H3;17H,6-12H2,1-5H3;3-8H2,1-2H3. The summed E-state index contributed by atoms with van der Waals surface area (Å²) in [5.41, 5.74) is 0.915. The Bertz CT molecular complexity index is 894. The molecule has 0 amide bonds. The first kappa shape index (κ1) is 42.8. The van der Waals surface area contributed by atoms with Crippen molar-refractivity contribution in [2.24, 2.45) is 27.1 Å². The van der Waals surface area contributed by atoms with Crippen molar-refractivity contribution >= 4 is 23.5 Å². The molecule has 0 aromatic carbocycles. The zero-order chi connectivity index (χ0) is 36.1. The van der Waals surface area contributed by atoms with Gasteiger partial charge in [-0.3, -0.25) is 0 Å². The van der Waals surface area contributed by atoms with Crippen LogP contribution >= 0.6 is 0 Å². The number of carbonyl (C=O) groups is 1. The molecule has 0 N–H and O–H groups in total. The Labute approximate surface area is 299 Å². The van der Waals surface area contributed by atoms with Crippen LogP contribution in [0.4, 0.5) is 4.79 Å². The largest absolute Gasteiger partial charge is 0.508 e. The average molecular weight is 735 g/mol. The van der Waals surface area contributed by atoms with Crippen LogP contribution in [0.15, 0.2) is 0 Å². The van der Waals surface area contributed by atoms with E-state index in [0.717, 1.165) is 91.8 Å². The van der Waals surface area contributed by atoms with Crippen molar-refractivity contribution in [3.8, 4) is 0 Å². The molecule has 5 heterocycles. The third kappa shape index (κ3) is 14.0. The Balaban J connectivity index is 0.000000202. The van der Waals surface area contributed by atoms with Crippen molar-refractivity contribution < 1.29 is 51.5 Å². The molecule has 49 heavy (non-hydrogen) atoms. The molecule has 0 saturated carbocycles. The quantitative estimate of drug-likeness (QED) is 0.0874. The molecule has 11 nitrogen and oxygen atoms in total. The molecular weight excluding hydrogens is 665 g/mol. The fraction of sp³-hybridized carbons (Fsp3) is 0.972. The molecule has 0 aromatic rings. The van der Waals surface area contributed by atoms with E-state index < -0.39 is 23.5 Å². The summed E-state index contributed by atoms with van der Waals surface area (Å²) in [6, 6.07) is 1.22. The smallest absolute Gasteiger partial charge is 0.458 e. The van der Waals surface area contributed by atoms with Crippen LogP contribution in [0.1, 0.15) is 60.3 Å². The molecule has 5 saturated heterocycles. The molecule has 5 aliphatic rings. The van der Waals surface area contributed by atoms with Gasteiger partial charge in [-0.25, -0.2) is 4.79 Å². The van der Waals surface area contributed by atoms with Crippen LogP contribution in [-0.2, 0) is 46.7 Å². The molecule has 0 spiro atoms. The third-order valence-corrected chi connectivity index (χ3v) is 16.4. The minimum absolute atomic E-state index is 0.0149. The summed E-state index contributed by atoms with van der Waals surface area (Å²) in [5, 5.41) is 0. The lowest BCUT2D eigenvalue weighted by molar-refractivity contribution is -0.174. The fourth-order valence-corrected chi connectivity index (χ4v) is 12.6. The molecule has 0 aliphatic carbocycles. The highest BCUT2D eigenvalue weighted by atomic mass is 28.4. The number of hydrogen-bond donors (Lipinski definition) is 0. The third-order valence-electron chi connectivity index (χ3n) is 10.4. The summed E-state index contributed by atoms with van der Waals surface area (Å²) >= 11 is 0. The van der Waals surface area contributed by atoms with Gasteiger partial charge in [0.15, 0.2) is 17.4 Å². The minimum Gasteiger partial charge on any atom is -0.458 e. The summed E-state index contributed by atoms with van der Waals surface area (Å²) in [4.78, 5) is 11.5. The van der Waals surface area contributed by atoms with Gasteiger partial charge in [0, 0.05) is 22.9 Å².